The van der Waals surface area contributed by atoms with Crippen LogP contribution in [0.5, 0.6) is 0 Å². The fourth-order valence-corrected chi connectivity index (χ4v) is 4.33. The Morgan fingerprint density at radius 2 is 1.89 bits per heavy atom. The lowest BCUT2D eigenvalue weighted by atomic mass is 10.0. The Bertz CT molecular complexity index is 604. The van der Waals surface area contributed by atoms with Crippen LogP contribution in [-0.2, 0) is 9.09 Å². The van der Waals surface area contributed by atoms with E-state index >= 15 is 0 Å². The van der Waals surface area contributed by atoms with Crippen LogP contribution in [0, 0.1) is 0 Å². The standard InChI is InChI=1S/C14H18NO2PS/c1-11(15-18(16,17-2)19-3)13-10-6-8-12-7-4-5-9-14(12)13/h4-11H,1-3H3,(H,15,16). The molecule has 0 radical (unpaired) electrons. The molecule has 5 heteroatoms. The SMILES string of the molecule is COP(=O)(NC(C)c1cccc2ccccc12)SC. The van der Waals surface area contributed by atoms with Gasteiger partial charge >= 0.3 is 6.72 Å². The molecule has 2 rings (SSSR count). The summed E-state index contributed by atoms with van der Waals surface area (Å²) < 4.78 is 17.4. The Morgan fingerprint density at radius 3 is 2.58 bits per heavy atom. The van der Waals surface area contributed by atoms with Crippen molar-refractivity contribution in [3.63, 3.8) is 0 Å². The van der Waals surface area contributed by atoms with E-state index in [2.05, 4.69) is 29.4 Å². The van der Waals surface area contributed by atoms with E-state index < -0.39 is 6.72 Å². The molecule has 19 heavy (non-hydrogen) atoms. The van der Waals surface area contributed by atoms with E-state index in [9.17, 15) is 4.57 Å². The Morgan fingerprint density at radius 1 is 1.21 bits per heavy atom. The van der Waals surface area contributed by atoms with Gasteiger partial charge < -0.3 is 4.52 Å². The van der Waals surface area contributed by atoms with Crippen molar-refractivity contribution in [1.82, 2.24) is 5.09 Å². The first kappa shape index (κ1) is 14.6. The molecule has 2 unspecified atom stereocenters. The van der Waals surface area contributed by atoms with Gasteiger partial charge in [-0.2, -0.15) is 0 Å². The maximum Gasteiger partial charge on any atom is 0.326 e. The smallest absolute Gasteiger partial charge is 0.313 e. The minimum Gasteiger partial charge on any atom is -0.313 e. The normalized spacial score (nSPS) is 16.2. The monoisotopic (exact) mass is 295 g/mol. The quantitative estimate of drug-likeness (QED) is 0.818. The van der Waals surface area contributed by atoms with Crippen LogP contribution in [0.25, 0.3) is 10.8 Å². The zero-order valence-corrected chi connectivity index (χ0v) is 13.0. The van der Waals surface area contributed by atoms with Crippen molar-refractivity contribution in [3.8, 4) is 0 Å². The molecule has 0 aliphatic heterocycles. The lowest BCUT2D eigenvalue weighted by Gasteiger charge is -2.21. The highest BCUT2D eigenvalue weighted by molar-refractivity contribution is 8.55. The minimum atomic E-state index is -2.81. The second-order valence-electron chi connectivity index (χ2n) is 4.28. The van der Waals surface area contributed by atoms with Crippen LogP contribution in [-0.4, -0.2) is 13.4 Å². The van der Waals surface area contributed by atoms with Crippen LogP contribution in [0.4, 0.5) is 0 Å². The first-order chi connectivity index (χ1) is 9.09. The predicted molar refractivity (Wildman–Crippen MR) is 83.6 cm³/mol. The van der Waals surface area contributed by atoms with E-state index in [0.29, 0.717) is 0 Å². The Kier molecular flexibility index (Phi) is 4.69. The average molecular weight is 295 g/mol. The van der Waals surface area contributed by atoms with Crippen molar-refractivity contribution < 1.29 is 9.09 Å². The predicted octanol–water partition coefficient (Wildman–Crippen LogP) is 4.61. The summed E-state index contributed by atoms with van der Waals surface area (Å²) in [5.74, 6) is 0. The molecule has 0 aliphatic carbocycles. The molecule has 0 aromatic heterocycles. The first-order valence-electron chi connectivity index (χ1n) is 6.06. The topological polar surface area (TPSA) is 38.3 Å². The number of hydrogen-bond donors (Lipinski definition) is 1. The van der Waals surface area contributed by atoms with E-state index in [1.807, 2.05) is 25.1 Å². The van der Waals surface area contributed by atoms with Crippen molar-refractivity contribution in [2.24, 2.45) is 0 Å². The molecular formula is C14H18NO2PS. The second kappa shape index (κ2) is 6.10. The Balaban J connectivity index is 2.37. The first-order valence-corrected chi connectivity index (χ1v) is 9.52. The summed E-state index contributed by atoms with van der Waals surface area (Å²) in [5, 5.41) is 5.46. The van der Waals surface area contributed by atoms with Gasteiger partial charge in [0, 0.05) is 13.2 Å². The molecule has 0 fully saturated rings. The fraction of sp³-hybridized carbons (Fsp3) is 0.286. The van der Waals surface area contributed by atoms with Crippen molar-refractivity contribution in [2.45, 2.75) is 13.0 Å². The molecule has 0 amide bonds. The third-order valence-electron chi connectivity index (χ3n) is 3.12. The van der Waals surface area contributed by atoms with Gasteiger partial charge in [-0.25, -0.2) is 5.09 Å². The van der Waals surface area contributed by atoms with Crippen molar-refractivity contribution in [1.29, 1.82) is 0 Å². The lowest BCUT2D eigenvalue weighted by molar-refractivity contribution is 0.393. The number of benzene rings is 2. The summed E-state index contributed by atoms with van der Waals surface area (Å²) >= 11 is 1.22. The number of hydrogen-bond acceptors (Lipinski definition) is 3. The summed E-state index contributed by atoms with van der Waals surface area (Å²) in [5.41, 5.74) is 1.13. The van der Waals surface area contributed by atoms with Crippen LogP contribution < -0.4 is 5.09 Å². The zero-order chi connectivity index (χ0) is 13.9. The minimum absolute atomic E-state index is 0.0377. The number of fused-ring (bicyclic) bond motifs is 1. The summed E-state index contributed by atoms with van der Waals surface area (Å²) in [6.45, 7) is -0.810. The van der Waals surface area contributed by atoms with Gasteiger partial charge in [0.25, 0.3) is 0 Å². The van der Waals surface area contributed by atoms with Gasteiger partial charge in [0.1, 0.15) is 0 Å². The summed E-state index contributed by atoms with van der Waals surface area (Å²) in [6.07, 6.45) is 1.78. The van der Waals surface area contributed by atoms with E-state index in [4.69, 9.17) is 4.52 Å². The highest BCUT2D eigenvalue weighted by atomic mass is 32.7. The zero-order valence-electron chi connectivity index (χ0n) is 11.3. The van der Waals surface area contributed by atoms with Gasteiger partial charge in [-0.05, 0) is 29.5 Å². The molecule has 102 valence electrons. The molecular weight excluding hydrogens is 277 g/mol. The molecule has 2 atom stereocenters. The van der Waals surface area contributed by atoms with Crippen molar-refractivity contribution >= 4 is 28.9 Å². The van der Waals surface area contributed by atoms with Gasteiger partial charge in [0.2, 0.25) is 0 Å². The van der Waals surface area contributed by atoms with Crippen LogP contribution in [0.1, 0.15) is 18.5 Å². The van der Waals surface area contributed by atoms with Gasteiger partial charge in [-0.1, -0.05) is 53.8 Å². The Hall–Kier alpha value is -0.800. The Labute approximate surface area is 118 Å². The molecule has 3 nitrogen and oxygen atoms in total. The van der Waals surface area contributed by atoms with Gasteiger partial charge in [0.15, 0.2) is 0 Å². The van der Waals surface area contributed by atoms with Gasteiger partial charge in [-0.3, -0.25) is 4.57 Å². The molecule has 0 spiro atoms. The molecule has 0 aliphatic rings. The highest BCUT2D eigenvalue weighted by Gasteiger charge is 2.23. The van der Waals surface area contributed by atoms with E-state index in [0.717, 1.165) is 5.56 Å². The molecule has 0 bridgehead atoms. The van der Waals surface area contributed by atoms with Gasteiger partial charge in [-0.15, -0.1) is 0 Å². The van der Waals surface area contributed by atoms with E-state index in [1.165, 1.54) is 29.3 Å². The average Bonchev–Trinajstić information content (AvgIpc) is 2.46. The highest BCUT2D eigenvalue weighted by Crippen LogP contribution is 2.55. The van der Waals surface area contributed by atoms with E-state index in [1.54, 1.807) is 6.26 Å². The molecule has 2 aromatic carbocycles. The molecule has 0 saturated heterocycles. The molecule has 0 heterocycles. The summed E-state index contributed by atoms with van der Waals surface area (Å²) in [6, 6.07) is 14.3. The number of rotatable bonds is 5. The maximum absolute atomic E-state index is 12.3. The third kappa shape index (κ3) is 3.21. The van der Waals surface area contributed by atoms with Crippen LogP contribution in [0.3, 0.4) is 0 Å². The lowest BCUT2D eigenvalue weighted by Crippen LogP contribution is -2.15. The van der Waals surface area contributed by atoms with Crippen LogP contribution in [0.15, 0.2) is 42.5 Å². The second-order valence-corrected chi connectivity index (χ2v) is 8.80. The summed E-state index contributed by atoms with van der Waals surface area (Å²) in [7, 11) is 1.47. The molecule has 2 aromatic rings. The maximum atomic E-state index is 12.3. The van der Waals surface area contributed by atoms with Crippen molar-refractivity contribution in [2.75, 3.05) is 13.4 Å². The van der Waals surface area contributed by atoms with Crippen LogP contribution >= 0.6 is 18.1 Å². The van der Waals surface area contributed by atoms with Gasteiger partial charge in [0.05, 0.1) is 0 Å². The van der Waals surface area contributed by atoms with E-state index in [-0.39, 0.29) is 6.04 Å². The van der Waals surface area contributed by atoms with Crippen LogP contribution in [0.2, 0.25) is 0 Å². The number of nitrogens with one attached hydrogen (secondary N) is 1. The summed E-state index contributed by atoms with van der Waals surface area (Å²) in [4.78, 5) is 0. The molecule has 0 saturated carbocycles. The molecule has 1 N–H and O–H groups in total. The largest absolute Gasteiger partial charge is 0.326 e. The fourth-order valence-electron chi connectivity index (χ4n) is 2.11. The van der Waals surface area contributed by atoms with Crippen molar-refractivity contribution in [3.05, 3.63) is 48.0 Å². The third-order valence-corrected chi connectivity index (χ3v) is 6.99.